The molecule has 0 spiro atoms. The molecule has 0 radical (unpaired) electrons. The molecule has 0 bridgehead atoms. The molecule has 0 aliphatic heterocycles. The zero-order chi connectivity index (χ0) is 13.7. The van der Waals surface area contributed by atoms with Crippen LogP contribution in [0.4, 0.5) is 0 Å². The van der Waals surface area contributed by atoms with Gasteiger partial charge < -0.3 is 20.9 Å². The number of hydrogen-bond acceptors (Lipinski definition) is 5. The van der Waals surface area contributed by atoms with Crippen molar-refractivity contribution in [3.8, 4) is 11.5 Å². The summed E-state index contributed by atoms with van der Waals surface area (Å²) >= 11 is 0. The number of esters is 1. The van der Waals surface area contributed by atoms with E-state index < -0.39 is 17.9 Å². The predicted molar refractivity (Wildman–Crippen MR) is 65.0 cm³/mol. The molecule has 0 saturated carbocycles. The zero-order valence-corrected chi connectivity index (χ0v) is 10.3. The Hall–Kier alpha value is -2.08. The molecule has 0 aromatic heterocycles. The topological polar surface area (TPSA) is 105 Å². The third kappa shape index (κ3) is 3.74. The molecule has 18 heavy (non-hydrogen) atoms. The van der Waals surface area contributed by atoms with Crippen LogP contribution in [-0.2, 0) is 9.59 Å². The Morgan fingerprint density at radius 1 is 1.33 bits per heavy atom. The average Bonchev–Trinajstić information content (AvgIpc) is 2.27. The molecule has 1 aromatic carbocycles. The summed E-state index contributed by atoms with van der Waals surface area (Å²) in [5.41, 5.74) is 11.6. The maximum absolute atomic E-state index is 10.9. The minimum Gasteiger partial charge on any atom is -0.493 e. The molecule has 1 atom stereocenters. The second-order valence-electron chi connectivity index (χ2n) is 3.78. The van der Waals surface area contributed by atoms with E-state index in [1.807, 2.05) is 0 Å². The molecule has 0 saturated heterocycles. The monoisotopic (exact) mass is 252 g/mol. The Morgan fingerprint density at radius 2 is 2.00 bits per heavy atom. The number of carbonyl (C=O) groups is 2. The van der Waals surface area contributed by atoms with Crippen LogP contribution in [0.5, 0.6) is 11.5 Å². The molecule has 1 unspecified atom stereocenters. The molecule has 4 N–H and O–H groups in total. The van der Waals surface area contributed by atoms with Gasteiger partial charge >= 0.3 is 5.97 Å². The SMILES string of the molecule is COc1cc(C(N)CC(N)=O)ccc1OC(C)=O. The van der Waals surface area contributed by atoms with E-state index in [-0.39, 0.29) is 6.42 Å². The molecule has 0 aliphatic carbocycles. The van der Waals surface area contributed by atoms with Gasteiger partial charge in [0.15, 0.2) is 11.5 Å². The lowest BCUT2D eigenvalue weighted by molar-refractivity contribution is -0.132. The van der Waals surface area contributed by atoms with Gasteiger partial charge in [-0.1, -0.05) is 6.07 Å². The number of benzene rings is 1. The highest BCUT2D eigenvalue weighted by molar-refractivity contribution is 5.74. The molecule has 98 valence electrons. The fraction of sp³-hybridized carbons (Fsp3) is 0.333. The lowest BCUT2D eigenvalue weighted by atomic mass is 10.0. The van der Waals surface area contributed by atoms with Crippen molar-refractivity contribution < 1.29 is 19.1 Å². The fourth-order valence-electron chi connectivity index (χ4n) is 1.49. The van der Waals surface area contributed by atoms with E-state index in [4.69, 9.17) is 20.9 Å². The van der Waals surface area contributed by atoms with Crippen LogP contribution in [0.25, 0.3) is 0 Å². The van der Waals surface area contributed by atoms with Crippen LogP contribution in [-0.4, -0.2) is 19.0 Å². The minimum absolute atomic E-state index is 0.0378. The summed E-state index contributed by atoms with van der Waals surface area (Å²) in [5, 5.41) is 0. The number of carbonyl (C=O) groups excluding carboxylic acids is 2. The molecule has 6 heteroatoms. The molecule has 0 heterocycles. The first-order valence-electron chi connectivity index (χ1n) is 5.34. The molecule has 0 fully saturated rings. The number of hydrogen-bond donors (Lipinski definition) is 2. The van der Waals surface area contributed by atoms with Crippen molar-refractivity contribution in [1.29, 1.82) is 0 Å². The van der Waals surface area contributed by atoms with E-state index in [1.54, 1.807) is 18.2 Å². The van der Waals surface area contributed by atoms with Gasteiger partial charge in [0.1, 0.15) is 0 Å². The third-order valence-corrected chi connectivity index (χ3v) is 2.29. The lowest BCUT2D eigenvalue weighted by Crippen LogP contribution is -2.20. The summed E-state index contributed by atoms with van der Waals surface area (Å²) in [7, 11) is 1.45. The van der Waals surface area contributed by atoms with Crippen molar-refractivity contribution in [2.75, 3.05) is 7.11 Å². The highest BCUT2D eigenvalue weighted by Gasteiger charge is 2.13. The Balaban J connectivity index is 2.97. The Kier molecular flexibility index (Phi) is 4.67. The number of primary amides is 1. The highest BCUT2D eigenvalue weighted by atomic mass is 16.6. The van der Waals surface area contributed by atoms with Crippen molar-refractivity contribution in [3.63, 3.8) is 0 Å². The lowest BCUT2D eigenvalue weighted by Gasteiger charge is -2.13. The summed E-state index contributed by atoms with van der Waals surface area (Å²) < 4.78 is 10.0. The summed E-state index contributed by atoms with van der Waals surface area (Å²) in [6, 6.07) is 4.33. The van der Waals surface area contributed by atoms with Gasteiger partial charge in [0.25, 0.3) is 0 Å². The van der Waals surface area contributed by atoms with Gasteiger partial charge in [0.2, 0.25) is 5.91 Å². The first-order chi connectivity index (χ1) is 8.43. The van der Waals surface area contributed by atoms with Crippen LogP contribution in [0, 0.1) is 0 Å². The molecule has 6 nitrogen and oxygen atoms in total. The Labute approximate surface area is 105 Å². The van der Waals surface area contributed by atoms with Crippen molar-refractivity contribution in [2.45, 2.75) is 19.4 Å². The normalized spacial score (nSPS) is 11.7. The predicted octanol–water partition coefficient (Wildman–Crippen LogP) is 0.496. The summed E-state index contributed by atoms with van der Waals surface area (Å²) in [4.78, 5) is 21.7. The average molecular weight is 252 g/mol. The van der Waals surface area contributed by atoms with Gasteiger partial charge in [-0.25, -0.2) is 0 Å². The Morgan fingerprint density at radius 3 is 2.50 bits per heavy atom. The minimum atomic E-state index is -0.511. The number of methoxy groups -OCH3 is 1. The van der Waals surface area contributed by atoms with Crippen LogP contribution < -0.4 is 20.9 Å². The van der Waals surface area contributed by atoms with Gasteiger partial charge in [-0.2, -0.15) is 0 Å². The van der Waals surface area contributed by atoms with Crippen LogP contribution in [0.3, 0.4) is 0 Å². The summed E-state index contributed by atoms with van der Waals surface area (Å²) in [6.45, 7) is 1.30. The van der Waals surface area contributed by atoms with Gasteiger partial charge in [-0.15, -0.1) is 0 Å². The second kappa shape index (κ2) is 6.02. The zero-order valence-electron chi connectivity index (χ0n) is 10.3. The van der Waals surface area contributed by atoms with E-state index in [0.717, 1.165) is 0 Å². The first-order valence-corrected chi connectivity index (χ1v) is 5.34. The molecule has 0 aliphatic rings. The smallest absolute Gasteiger partial charge is 0.308 e. The molecular formula is C12H16N2O4. The van der Waals surface area contributed by atoms with E-state index in [9.17, 15) is 9.59 Å². The molecule has 1 amide bonds. The highest BCUT2D eigenvalue weighted by Crippen LogP contribution is 2.30. The van der Waals surface area contributed by atoms with Gasteiger partial charge in [-0.05, 0) is 17.7 Å². The summed E-state index contributed by atoms with van der Waals surface area (Å²) in [6.07, 6.45) is 0.0378. The van der Waals surface area contributed by atoms with Crippen molar-refractivity contribution in [1.82, 2.24) is 0 Å². The number of nitrogens with two attached hydrogens (primary N) is 2. The number of ether oxygens (including phenoxy) is 2. The van der Waals surface area contributed by atoms with E-state index in [1.165, 1.54) is 14.0 Å². The van der Waals surface area contributed by atoms with Gasteiger partial charge in [-0.3, -0.25) is 9.59 Å². The first kappa shape index (κ1) is 14.0. The van der Waals surface area contributed by atoms with Crippen LogP contribution >= 0.6 is 0 Å². The maximum Gasteiger partial charge on any atom is 0.308 e. The number of rotatable bonds is 5. The fourth-order valence-corrected chi connectivity index (χ4v) is 1.49. The van der Waals surface area contributed by atoms with Crippen LogP contribution in [0.15, 0.2) is 18.2 Å². The van der Waals surface area contributed by atoms with Gasteiger partial charge in [0.05, 0.1) is 7.11 Å². The second-order valence-corrected chi connectivity index (χ2v) is 3.78. The van der Waals surface area contributed by atoms with Crippen LogP contribution in [0.2, 0.25) is 0 Å². The quantitative estimate of drug-likeness (QED) is 0.586. The molecule has 1 rings (SSSR count). The number of amides is 1. The van der Waals surface area contributed by atoms with Crippen molar-refractivity contribution >= 4 is 11.9 Å². The molecule has 1 aromatic rings. The van der Waals surface area contributed by atoms with Crippen LogP contribution in [0.1, 0.15) is 24.9 Å². The van der Waals surface area contributed by atoms with E-state index >= 15 is 0 Å². The third-order valence-electron chi connectivity index (χ3n) is 2.29. The standard InChI is InChI=1S/C12H16N2O4/c1-7(15)18-10-4-3-8(5-11(10)17-2)9(13)6-12(14)16/h3-5,9H,6,13H2,1-2H3,(H2,14,16). The largest absolute Gasteiger partial charge is 0.493 e. The van der Waals surface area contributed by atoms with E-state index in [2.05, 4.69) is 0 Å². The summed E-state index contributed by atoms with van der Waals surface area (Å²) in [5.74, 6) is -0.240. The van der Waals surface area contributed by atoms with E-state index in [0.29, 0.717) is 17.1 Å². The van der Waals surface area contributed by atoms with Crippen molar-refractivity contribution in [2.24, 2.45) is 11.5 Å². The molecular weight excluding hydrogens is 236 g/mol. The van der Waals surface area contributed by atoms with Gasteiger partial charge in [0, 0.05) is 19.4 Å². The Bertz CT molecular complexity index is 459. The maximum atomic E-state index is 10.9. The van der Waals surface area contributed by atoms with Crippen molar-refractivity contribution in [3.05, 3.63) is 23.8 Å².